The van der Waals surface area contributed by atoms with Crippen molar-refractivity contribution in [2.24, 2.45) is 0 Å². The van der Waals surface area contributed by atoms with Crippen LogP contribution in [0.2, 0.25) is 0 Å². The molecule has 1 rings (SSSR count). The summed E-state index contributed by atoms with van der Waals surface area (Å²) in [4.78, 5) is 43.1. The number of allylic oxidation sites excluding steroid dienone is 1. The number of ketones is 2. The average Bonchev–Trinajstić information content (AvgIpc) is 2.30. The molecule has 0 fully saturated rings. The van der Waals surface area contributed by atoms with Crippen LogP contribution in [0.5, 0.6) is 0 Å². The predicted octanol–water partition coefficient (Wildman–Crippen LogP) is -0.567. The smallest absolute Gasteiger partial charge is 0.407 e. The second kappa shape index (κ2) is 5.17. The number of hydrogen-bond acceptors (Lipinski definition) is 7. The van der Waals surface area contributed by atoms with Crippen LogP contribution in [-0.2, 0) is 14.3 Å². The molecule has 9 nitrogen and oxygen atoms in total. The lowest BCUT2D eigenvalue weighted by Gasteiger charge is -2.17. The zero-order valence-electron chi connectivity index (χ0n) is 9.26. The minimum absolute atomic E-state index is 0.0601. The second-order valence-electron chi connectivity index (χ2n) is 3.22. The molecule has 96 valence electrons. The van der Waals surface area contributed by atoms with Crippen molar-refractivity contribution in [3.63, 3.8) is 0 Å². The summed E-state index contributed by atoms with van der Waals surface area (Å²) in [6.07, 6.45) is -0.198. The number of carbonyl (C=O) groups is 3. The molecule has 1 unspecified atom stereocenters. The summed E-state index contributed by atoms with van der Waals surface area (Å²) < 4.78 is 4.51. The Balaban J connectivity index is 3.00. The SMILES string of the molecule is CCOC(=O)NC1C=C([N+](=O)[O-])C(=O)C(=O)C1=N. The first-order valence-corrected chi connectivity index (χ1v) is 4.85. The van der Waals surface area contributed by atoms with Crippen LogP contribution in [-0.4, -0.2) is 40.9 Å². The first kappa shape index (κ1) is 13.5. The van der Waals surface area contributed by atoms with Gasteiger partial charge in [-0.3, -0.25) is 25.1 Å². The molecule has 0 aromatic carbocycles. The molecule has 0 bridgehead atoms. The predicted molar refractivity (Wildman–Crippen MR) is 56.8 cm³/mol. The highest BCUT2D eigenvalue weighted by atomic mass is 16.6. The zero-order valence-corrected chi connectivity index (χ0v) is 9.26. The lowest BCUT2D eigenvalue weighted by atomic mass is 9.95. The Labute approximate surface area is 100 Å². The summed E-state index contributed by atoms with van der Waals surface area (Å²) >= 11 is 0. The third-order valence-corrected chi connectivity index (χ3v) is 2.06. The lowest BCUT2D eigenvalue weighted by molar-refractivity contribution is -0.418. The molecule has 9 heteroatoms. The highest BCUT2D eigenvalue weighted by molar-refractivity contribution is 6.69. The van der Waals surface area contributed by atoms with Gasteiger partial charge in [0.25, 0.3) is 5.78 Å². The van der Waals surface area contributed by atoms with Crippen LogP contribution >= 0.6 is 0 Å². The van der Waals surface area contributed by atoms with Gasteiger partial charge in [0.1, 0.15) is 11.8 Å². The molecule has 0 aromatic heterocycles. The van der Waals surface area contributed by atoms with Crippen molar-refractivity contribution in [1.29, 1.82) is 5.41 Å². The number of hydrogen-bond donors (Lipinski definition) is 2. The Bertz CT molecular complexity index is 481. The van der Waals surface area contributed by atoms with Gasteiger partial charge in [-0.05, 0) is 6.92 Å². The molecular formula is C9H9N3O6. The van der Waals surface area contributed by atoms with Gasteiger partial charge in [0.2, 0.25) is 0 Å². The van der Waals surface area contributed by atoms with E-state index in [0.29, 0.717) is 0 Å². The van der Waals surface area contributed by atoms with E-state index in [-0.39, 0.29) is 6.61 Å². The number of nitrogens with zero attached hydrogens (tertiary/aromatic N) is 1. The van der Waals surface area contributed by atoms with Crippen molar-refractivity contribution in [2.45, 2.75) is 13.0 Å². The maximum absolute atomic E-state index is 11.3. The van der Waals surface area contributed by atoms with Crippen molar-refractivity contribution in [2.75, 3.05) is 6.61 Å². The number of amides is 1. The maximum atomic E-state index is 11.3. The number of carbonyl (C=O) groups excluding carboxylic acids is 3. The van der Waals surface area contributed by atoms with Crippen LogP contribution in [0, 0.1) is 15.5 Å². The van der Waals surface area contributed by atoms with E-state index < -0.39 is 40.0 Å². The van der Waals surface area contributed by atoms with Crippen LogP contribution in [0.25, 0.3) is 0 Å². The number of alkyl carbamates (subject to hydrolysis) is 1. The van der Waals surface area contributed by atoms with Gasteiger partial charge in [-0.1, -0.05) is 0 Å². The Morgan fingerprint density at radius 3 is 2.67 bits per heavy atom. The minimum atomic E-state index is -1.37. The Kier molecular flexibility index (Phi) is 3.87. The molecule has 2 N–H and O–H groups in total. The Morgan fingerprint density at radius 1 is 1.56 bits per heavy atom. The molecule has 1 aliphatic carbocycles. The van der Waals surface area contributed by atoms with Crippen molar-refractivity contribution in [3.05, 3.63) is 21.9 Å². The quantitative estimate of drug-likeness (QED) is 0.393. The molecule has 0 spiro atoms. The van der Waals surface area contributed by atoms with Gasteiger partial charge in [-0.2, -0.15) is 0 Å². The number of nitrogens with one attached hydrogen (secondary N) is 2. The van der Waals surface area contributed by atoms with E-state index in [2.05, 4.69) is 10.1 Å². The molecule has 0 saturated carbocycles. The molecule has 1 aliphatic rings. The first-order valence-electron chi connectivity index (χ1n) is 4.85. The van der Waals surface area contributed by atoms with Gasteiger partial charge in [0, 0.05) is 6.08 Å². The standard InChI is InChI=1S/C9H9N3O6/c1-2-18-9(15)11-4-3-5(12(16)17)7(13)8(14)6(4)10/h3-4,10H,2H2,1H3,(H,11,15). The van der Waals surface area contributed by atoms with E-state index in [1.807, 2.05) is 0 Å². The molecule has 0 saturated heterocycles. The summed E-state index contributed by atoms with van der Waals surface area (Å²) in [6.45, 7) is 1.60. The van der Waals surface area contributed by atoms with Crippen LogP contribution in [0.1, 0.15) is 6.92 Å². The molecule has 1 amide bonds. The molecule has 0 heterocycles. The van der Waals surface area contributed by atoms with E-state index in [4.69, 9.17) is 5.41 Å². The number of ether oxygens (including phenoxy) is 1. The topological polar surface area (TPSA) is 139 Å². The van der Waals surface area contributed by atoms with Gasteiger partial charge >= 0.3 is 17.6 Å². The van der Waals surface area contributed by atoms with Crippen LogP contribution < -0.4 is 5.32 Å². The third-order valence-electron chi connectivity index (χ3n) is 2.06. The molecule has 18 heavy (non-hydrogen) atoms. The summed E-state index contributed by atoms with van der Waals surface area (Å²) in [6, 6.07) is -1.34. The van der Waals surface area contributed by atoms with Crippen molar-refractivity contribution >= 4 is 23.4 Å². The largest absolute Gasteiger partial charge is 0.450 e. The fourth-order valence-corrected chi connectivity index (χ4v) is 1.25. The third kappa shape index (κ3) is 2.56. The highest BCUT2D eigenvalue weighted by Gasteiger charge is 2.40. The van der Waals surface area contributed by atoms with Crippen LogP contribution in [0.3, 0.4) is 0 Å². The summed E-state index contributed by atoms with van der Waals surface area (Å²) in [5.41, 5.74) is -1.70. The van der Waals surface area contributed by atoms with Gasteiger partial charge in [-0.25, -0.2) is 4.79 Å². The normalized spacial score (nSPS) is 19.3. The van der Waals surface area contributed by atoms with Crippen LogP contribution in [0.15, 0.2) is 11.8 Å². The second-order valence-corrected chi connectivity index (χ2v) is 3.22. The molecule has 1 atom stereocenters. The lowest BCUT2D eigenvalue weighted by Crippen LogP contribution is -2.48. The maximum Gasteiger partial charge on any atom is 0.407 e. The molecule has 0 aromatic rings. The Hall–Kier alpha value is -2.58. The monoisotopic (exact) mass is 255 g/mol. The van der Waals surface area contributed by atoms with Crippen molar-refractivity contribution < 1.29 is 24.0 Å². The number of Topliss-reactive ketones (excluding diaryl/α,β-unsaturated/α-hetero) is 2. The van der Waals surface area contributed by atoms with E-state index >= 15 is 0 Å². The van der Waals surface area contributed by atoms with E-state index in [9.17, 15) is 24.5 Å². The Morgan fingerprint density at radius 2 is 2.17 bits per heavy atom. The fourth-order valence-electron chi connectivity index (χ4n) is 1.25. The highest BCUT2D eigenvalue weighted by Crippen LogP contribution is 2.10. The van der Waals surface area contributed by atoms with Gasteiger partial charge in [0.15, 0.2) is 0 Å². The van der Waals surface area contributed by atoms with Crippen molar-refractivity contribution in [3.8, 4) is 0 Å². The molecule has 0 aliphatic heterocycles. The van der Waals surface area contributed by atoms with Crippen LogP contribution in [0.4, 0.5) is 4.79 Å². The van der Waals surface area contributed by atoms with E-state index in [1.54, 1.807) is 6.92 Å². The summed E-state index contributed by atoms with van der Waals surface area (Å²) in [5.74, 6) is -2.68. The zero-order chi connectivity index (χ0) is 13.9. The summed E-state index contributed by atoms with van der Waals surface area (Å²) in [7, 11) is 0. The van der Waals surface area contributed by atoms with Gasteiger partial charge in [0.05, 0.1) is 11.5 Å². The first-order chi connectivity index (χ1) is 8.38. The van der Waals surface area contributed by atoms with E-state index in [0.717, 1.165) is 6.08 Å². The van der Waals surface area contributed by atoms with Gasteiger partial charge in [-0.15, -0.1) is 0 Å². The molecule has 0 radical (unpaired) electrons. The van der Waals surface area contributed by atoms with E-state index in [1.165, 1.54) is 0 Å². The van der Waals surface area contributed by atoms with Gasteiger partial charge < -0.3 is 10.1 Å². The fraction of sp³-hybridized carbons (Fsp3) is 0.333. The number of nitro groups is 1. The van der Waals surface area contributed by atoms with Crippen molar-refractivity contribution in [1.82, 2.24) is 5.32 Å². The minimum Gasteiger partial charge on any atom is -0.450 e. The average molecular weight is 255 g/mol. The summed E-state index contributed by atoms with van der Waals surface area (Å²) in [5, 5.41) is 19.9. The molecular weight excluding hydrogens is 246 g/mol. The number of rotatable bonds is 3.